The molecule has 1 unspecified atom stereocenters. The van der Waals surface area contributed by atoms with Gasteiger partial charge in [-0.1, -0.05) is 23.2 Å². The normalized spacial score (nSPS) is 13.3. The summed E-state index contributed by atoms with van der Waals surface area (Å²) in [5.41, 5.74) is 5.68. The van der Waals surface area contributed by atoms with Gasteiger partial charge in [-0.25, -0.2) is 18.1 Å². The molecular weight excluding hydrogens is 323 g/mol. The lowest BCUT2D eigenvalue weighted by Gasteiger charge is -2.14. The molecule has 9 heteroatoms. The lowest BCUT2D eigenvalue weighted by atomic mass is 10.3. The van der Waals surface area contributed by atoms with Crippen molar-refractivity contribution in [3.05, 3.63) is 40.4 Å². The number of hydrogen-bond acceptors (Lipinski definition) is 4. The van der Waals surface area contributed by atoms with Crippen LogP contribution in [-0.2, 0) is 10.0 Å². The van der Waals surface area contributed by atoms with Crippen LogP contribution in [0.15, 0.2) is 29.4 Å². The Morgan fingerprint density at radius 3 is 2.65 bits per heavy atom. The quantitative estimate of drug-likeness (QED) is 0.747. The van der Waals surface area contributed by atoms with Crippen molar-refractivity contribution in [1.29, 1.82) is 0 Å². The van der Waals surface area contributed by atoms with Crippen molar-refractivity contribution in [3.8, 4) is 0 Å². The summed E-state index contributed by atoms with van der Waals surface area (Å²) in [7, 11) is -3.89. The predicted octanol–water partition coefficient (Wildman–Crippen LogP) is 2.34. The van der Waals surface area contributed by atoms with Crippen molar-refractivity contribution in [2.24, 2.45) is 0 Å². The van der Waals surface area contributed by atoms with Crippen molar-refractivity contribution in [3.63, 3.8) is 0 Å². The first-order valence-electron chi connectivity index (χ1n) is 5.57. The van der Waals surface area contributed by atoms with Crippen LogP contribution in [-0.4, -0.2) is 18.4 Å². The third-order valence-corrected chi connectivity index (χ3v) is 4.85. The number of nitrogens with one attached hydrogen (secondary N) is 2. The molecule has 1 aromatic heterocycles. The van der Waals surface area contributed by atoms with Crippen LogP contribution in [0.25, 0.3) is 0 Å². The summed E-state index contributed by atoms with van der Waals surface area (Å²) >= 11 is 11.7. The molecule has 20 heavy (non-hydrogen) atoms. The molecule has 0 aliphatic rings. The molecule has 0 saturated carbocycles. The second kappa shape index (κ2) is 5.61. The van der Waals surface area contributed by atoms with Gasteiger partial charge in [-0.3, -0.25) is 0 Å². The van der Waals surface area contributed by atoms with Crippen LogP contribution in [0, 0.1) is 0 Å². The Kier molecular flexibility index (Phi) is 4.24. The van der Waals surface area contributed by atoms with Crippen molar-refractivity contribution in [2.75, 3.05) is 5.73 Å². The predicted molar refractivity (Wildman–Crippen MR) is 78.2 cm³/mol. The number of anilines is 1. The van der Waals surface area contributed by atoms with Gasteiger partial charge >= 0.3 is 0 Å². The van der Waals surface area contributed by atoms with E-state index >= 15 is 0 Å². The highest BCUT2D eigenvalue weighted by molar-refractivity contribution is 7.89. The number of nitrogen functional groups attached to an aromatic ring is 1. The molecule has 4 N–H and O–H groups in total. The van der Waals surface area contributed by atoms with E-state index in [4.69, 9.17) is 28.9 Å². The molecule has 0 aliphatic heterocycles. The Balaban J connectivity index is 2.37. The van der Waals surface area contributed by atoms with E-state index in [0.717, 1.165) is 0 Å². The van der Waals surface area contributed by atoms with Crippen LogP contribution in [0.2, 0.25) is 10.0 Å². The van der Waals surface area contributed by atoms with E-state index in [1.165, 1.54) is 18.3 Å². The van der Waals surface area contributed by atoms with Crippen LogP contribution < -0.4 is 10.5 Å². The van der Waals surface area contributed by atoms with Crippen LogP contribution in [0.5, 0.6) is 0 Å². The molecule has 6 nitrogen and oxygen atoms in total. The molecule has 0 fully saturated rings. The molecule has 0 aliphatic carbocycles. The summed E-state index contributed by atoms with van der Waals surface area (Å²) in [6.07, 6.45) is 3.13. The smallest absolute Gasteiger partial charge is 0.244 e. The minimum atomic E-state index is -3.89. The number of nitrogens with two attached hydrogens (primary N) is 1. The fourth-order valence-corrected chi connectivity index (χ4v) is 3.92. The number of hydrogen-bond donors (Lipinski definition) is 3. The number of nitrogens with zero attached hydrogens (tertiary/aromatic N) is 1. The molecule has 0 amide bonds. The number of sulfonamides is 1. The topological polar surface area (TPSA) is 101 Å². The standard InChI is InChI=1S/C11H12Cl2N4O2S/c1-6(11-15-2-3-16-11)17-20(18,19)10-8(13)4-7(12)5-9(10)14/h2-6,17H,14H2,1H3,(H,15,16). The second-order valence-electron chi connectivity index (χ2n) is 4.12. The zero-order chi connectivity index (χ0) is 14.9. The van der Waals surface area contributed by atoms with Gasteiger partial charge in [0, 0.05) is 17.4 Å². The third kappa shape index (κ3) is 3.06. The highest BCUT2D eigenvalue weighted by Crippen LogP contribution is 2.31. The van der Waals surface area contributed by atoms with E-state index in [2.05, 4.69) is 14.7 Å². The molecule has 108 valence electrons. The Bertz CT molecular complexity index is 693. The van der Waals surface area contributed by atoms with E-state index < -0.39 is 16.1 Å². The average Bonchev–Trinajstić information content (AvgIpc) is 2.78. The lowest BCUT2D eigenvalue weighted by molar-refractivity contribution is 0.561. The van der Waals surface area contributed by atoms with E-state index in [-0.39, 0.29) is 20.6 Å². The summed E-state index contributed by atoms with van der Waals surface area (Å²) in [6.45, 7) is 1.65. The summed E-state index contributed by atoms with van der Waals surface area (Å²) in [6, 6.07) is 2.10. The van der Waals surface area contributed by atoms with Gasteiger partial charge in [-0.2, -0.15) is 0 Å². The van der Waals surface area contributed by atoms with E-state index in [9.17, 15) is 8.42 Å². The van der Waals surface area contributed by atoms with Gasteiger partial charge in [0.15, 0.2) is 0 Å². The minimum absolute atomic E-state index is 0.0124. The fourth-order valence-electron chi connectivity index (χ4n) is 1.73. The molecule has 0 spiro atoms. The van der Waals surface area contributed by atoms with E-state index in [1.807, 2.05) is 0 Å². The molecule has 1 heterocycles. The summed E-state index contributed by atoms with van der Waals surface area (Å²) in [4.78, 5) is 6.62. The monoisotopic (exact) mass is 334 g/mol. The maximum atomic E-state index is 12.3. The highest BCUT2D eigenvalue weighted by atomic mass is 35.5. The summed E-state index contributed by atoms with van der Waals surface area (Å²) in [5.74, 6) is 0.484. The van der Waals surface area contributed by atoms with Crippen molar-refractivity contribution < 1.29 is 8.42 Å². The number of rotatable bonds is 4. The summed E-state index contributed by atoms with van der Waals surface area (Å²) < 4.78 is 27.1. The number of imidazole rings is 1. The highest BCUT2D eigenvalue weighted by Gasteiger charge is 2.25. The first kappa shape index (κ1) is 15.1. The summed E-state index contributed by atoms with van der Waals surface area (Å²) in [5, 5.41) is 0.236. The molecule has 0 bridgehead atoms. The Labute approximate surface area is 126 Å². The van der Waals surface area contributed by atoms with Crippen molar-refractivity contribution in [2.45, 2.75) is 17.9 Å². The van der Waals surface area contributed by atoms with E-state index in [1.54, 1.807) is 13.1 Å². The van der Waals surface area contributed by atoms with Crippen LogP contribution in [0.1, 0.15) is 18.8 Å². The number of aromatic nitrogens is 2. The molecule has 0 radical (unpaired) electrons. The second-order valence-corrected chi connectivity index (χ2v) is 6.62. The van der Waals surface area contributed by atoms with Crippen molar-refractivity contribution in [1.82, 2.24) is 14.7 Å². The molecule has 2 rings (SSSR count). The SMILES string of the molecule is CC(NS(=O)(=O)c1c(N)cc(Cl)cc1Cl)c1ncc[nH]1. The first-order valence-corrected chi connectivity index (χ1v) is 7.81. The third-order valence-electron chi connectivity index (χ3n) is 2.57. The van der Waals surface area contributed by atoms with Crippen LogP contribution >= 0.6 is 23.2 Å². The molecule has 2 aromatic rings. The molecular formula is C11H12Cl2N4O2S. The van der Waals surface area contributed by atoms with Gasteiger partial charge in [0.05, 0.1) is 16.8 Å². The van der Waals surface area contributed by atoms with E-state index in [0.29, 0.717) is 5.82 Å². The van der Waals surface area contributed by atoms with Crippen LogP contribution in [0.4, 0.5) is 5.69 Å². The van der Waals surface area contributed by atoms with Gasteiger partial charge in [0.2, 0.25) is 10.0 Å². The van der Waals surface area contributed by atoms with Gasteiger partial charge < -0.3 is 10.7 Å². The number of benzene rings is 1. The number of aromatic amines is 1. The Morgan fingerprint density at radius 1 is 1.40 bits per heavy atom. The van der Waals surface area contributed by atoms with Gasteiger partial charge in [-0.05, 0) is 19.1 Å². The molecule has 0 saturated heterocycles. The van der Waals surface area contributed by atoms with Gasteiger partial charge in [-0.15, -0.1) is 0 Å². The van der Waals surface area contributed by atoms with Crippen molar-refractivity contribution >= 4 is 38.9 Å². The maximum absolute atomic E-state index is 12.3. The largest absolute Gasteiger partial charge is 0.398 e. The number of H-pyrrole nitrogens is 1. The average molecular weight is 335 g/mol. The maximum Gasteiger partial charge on any atom is 0.244 e. The Hall–Kier alpha value is -1.28. The fraction of sp³-hybridized carbons (Fsp3) is 0.182. The zero-order valence-electron chi connectivity index (χ0n) is 10.4. The minimum Gasteiger partial charge on any atom is -0.398 e. The molecule has 1 aromatic carbocycles. The first-order chi connectivity index (χ1) is 9.31. The van der Waals surface area contributed by atoms with Gasteiger partial charge in [0.1, 0.15) is 10.7 Å². The van der Waals surface area contributed by atoms with Gasteiger partial charge in [0.25, 0.3) is 0 Å². The Morgan fingerprint density at radius 2 is 2.10 bits per heavy atom. The zero-order valence-corrected chi connectivity index (χ0v) is 12.7. The van der Waals surface area contributed by atoms with Crippen LogP contribution in [0.3, 0.4) is 0 Å². The lowest BCUT2D eigenvalue weighted by Crippen LogP contribution is -2.28. The molecule has 1 atom stereocenters. The number of halogens is 2.